The number of fused-ring (bicyclic) bond motifs is 1. The summed E-state index contributed by atoms with van der Waals surface area (Å²) in [5, 5.41) is 14.6. The first kappa shape index (κ1) is 38.2. The van der Waals surface area contributed by atoms with E-state index in [9.17, 15) is 23.7 Å². The number of carbonyl (C=O) groups excluding carboxylic acids is 1. The van der Waals surface area contributed by atoms with Gasteiger partial charge in [-0.05, 0) is 72.8 Å². The van der Waals surface area contributed by atoms with Crippen molar-refractivity contribution in [1.82, 2.24) is 24.5 Å². The van der Waals surface area contributed by atoms with Crippen molar-refractivity contribution in [2.45, 2.75) is 30.3 Å². The Morgan fingerprint density at radius 1 is 1.02 bits per heavy atom. The fraction of sp³-hybridized carbons (Fsp3) is 0.350. The molecule has 1 spiro atoms. The first-order chi connectivity index (χ1) is 27.5. The summed E-state index contributed by atoms with van der Waals surface area (Å²) in [5.41, 5.74) is 2.82. The van der Waals surface area contributed by atoms with Gasteiger partial charge in [0.05, 0.1) is 36.3 Å². The Hall–Kier alpha value is -5.65. The number of carbonyl (C=O) groups is 1. The predicted octanol–water partition coefficient (Wildman–Crippen LogP) is 6.82. The van der Waals surface area contributed by atoms with Gasteiger partial charge in [-0.25, -0.2) is 13.8 Å². The second-order valence-corrected chi connectivity index (χ2v) is 15.6. The highest BCUT2D eigenvalue weighted by molar-refractivity contribution is 7.98. The molecule has 1 saturated carbocycles. The van der Waals surface area contributed by atoms with E-state index in [1.54, 1.807) is 25.2 Å². The lowest BCUT2D eigenvalue weighted by atomic mass is 9.60. The molecule has 3 fully saturated rings. The average Bonchev–Trinajstić information content (AvgIpc) is 3.55. The maximum Gasteiger partial charge on any atom is 0.293 e. The van der Waals surface area contributed by atoms with Gasteiger partial charge in [0.25, 0.3) is 11.6 Å². The topological polar surface area (TPSA) is 150 Å². The average molecular weight is 801 g/mol. The van der Waals surface area contributed by atoms with Gasteiger partial charge < -0.3 is 29.4 Å². The van der Waals surface area contributed by atoms with E-state index in [4.69, 9.17) is 14.2 Å². The number of rotatable bonds is 13. The van der Waals surface area contributed by atoms with Crippen LogP contribution in [-0.2, 0) is 6.54 Å². The van der Waals surface area contributed by atoms with Gasteiger partial charge in [0.1, 0.15) is 28.7 Å². The fourth-order valence-electron chi connectivity index (χ4n) is 8.22. The third-order valence-corrected chi connectivity index (χ3v) is 11.9. The van der Waals surface area contributed by atoms with Gasteiger partial charge in [-0.1, -0.05) is 0 Å². The lowest BCUT2D eigenvalue weighted by Gasteiger charge is -2.62. The maximum absolute atomic E-state index is 14.6. The number of nitro groups is 1. The molecule has 17 heteroatoms. The van der Waals surface area contributed by atoms with Crippen molar-refractivity contribution < 1.29 is 32.7 Å². The standard InChI is InChI=1S/C40H42F2N8O6S/c1-43-33-7-5-28(16-34(33)50(52)53)57-46-39(51)29-6-4-25(14-35(29)56-27-15-30-32(42)20-45-38(30)44-19-27)49-22-40(23-49)17-26(18-40)48-10-8-47(9-11-48)21-24-12-31(41)37(55-3)36(13-24)54-2/h4-7,12-16,19-20,26,43H,8-11,17-18,21-23H2,1-3H3,(H,44,45)(H,46,51). The molecule has 0 atom stereocenters. The Labute approximate surface area is 331 Å². The second-order valence-electron chi connectivity index (χ2n) is 14.7. The third-order valence-electron chi connectivity index (χ3n) is 11.2. The Kier molecular flexibility index (Phi) is 10.5. The van der Waals surface area contributed by atoms with Crippen molar-refractivity contribution >= 4 is 46.0 Å². The Bertz CT molecular complexity index is 2320. The minimum atomic E-state index is -0.486. The number of piperazine rings is 1. The molecule has 1 aliphatic carbocycles. The quantitative estimate of drug-likeness (QED) is 0.0651. The van der Waals surface area contributed by atoms with Crippen LogP contribution in [0.5, 0.6) is 23.0 Å². The van der Waals surface area contributed by atoms with Crippen molar-refractivity contribution in [2.24, 2.45) is 5.41 Å². The molecular weight excluding hydrogens is 759 g/mol. The molecule has 1 amide bonds. The monoisotopic (exact) mass is 800 g/mol. The number of anilines is 2. The first-order valence-corrected chi connectivity index (χ1v) is 19.4. The van der Waals surface area contributed by atoms with Gasteiger partial charge in [-0.15, -0.1) is 0 Å². The van der Waals surface area contributed by atoms with Crippen LogP contribution in [0.4, 0.5) is 25.8 Å². The molecule has 4 heterocycles. The first-order valence-electron chi connectivity index (χ1n) is 18.5. The van der Waals surface area contributed by atoms with Crippen LogP contribution in [0, 0.1) is 27.2 Å². The summed E-state index contributed by atoms with van der Waals surface area (Å²) >= 11 is 0.953. The van der Waals surface area contributed by atoms with E-state index in [-0.39, 0.29) is 39.3 Å². The molecule has 57 heavy (non-hydrogen) atoms. The van der Waals surface area contributed by atoms with Crippen molar-refractivity contribution in [3.8, 4) is 23.0 Å². The number of halogens is 2. The van der Waals surface area contributed by atoms with E-state index >= 15 is 0 Å². The van der Waals surface area contributed by atoms with Crippen molar-refractivity contribution in [1.29, 1.82) is 0 Å². The zero-order valence-electron chi connectivity index (χ0n) is 31.6. The molecule has 3 N–H and O–H groups in total. The van der Waals surface area contributed by atoms with E-state index in [1.807, 2.05) is 18.2 Å². The Balaban J connectivity index is 0.904. The van der Waals surface area contributed by atoms with Crippen LogP contribution in [0.2, 0.25) is 0 Å². The number of ether oxygens (including phenoxy) is 3. The summed E-state index contributed by atoms with van der Waals surface area (Å²) in [6, 6.07) is 15.4. The van der Waals surface area contributed by atoms with Crippen LogP contribution in [0.15, 0.2) is 71.9 Å². The Morgan fingerprint density at radius 2 is 1.81 bits per heavy atom. The largest absolute Gasteiger partial charge is 0.493 e. The van der Waals surface area contributed by atoms with Gasteiger partial charge >= 0.3 is 0 Å². The van der Waals surface area contributed by atoms with Gasteiger partial charge in [-0.3, -0.25) is 29.4 Å². The van der Waals surface area contributed by atoms with Gasteiger partial charge in [0.15, 0.2) is 17.3 Å². The van der Waals surface area contributed by atoms with E-state index in [2.05, 4.69) is 34.7 Å². The number of amides is 1. The molecular formula is C40H42F2N8O6S. The number of nitrogens with one attached hydrogen (secondary N) is 3. The number of nitro benzene ring substituents is 1. The zero-order valence-corrected chi connectivity index (χ0v) is 32.5. The van der Waals surface area contributed by atoms with Crippen molar-refractivity contribution in [3.05, 3.63) is 99.9 Å². The van der Waals surface area contributed by atoms with Crippen LogP contribution >= 0.6 is 11.9 Å². The molecule has 2 aromatic heterocycles. The SMILES string of the molecule is CNc1ccc(SNC(=O)c2ccc(N3CC4(CC(N5CCN(Cc6cc(F)c(OC)c(OC)c6)CC5)C4)C3)cc2Oc2cnc3[nH]cc(F)c3c2)cc1[N+](=O)[O-]. The van der Waals surface area contributed by atoms with Gasteiger partial charge in [0, 0.05) is 93.2 Å². The molecule has 298 valence electrons. The highest BCUT2D eigenvalue weighted by atomic mass is 32.2. The van der Waals surface area contributed by atoms with E-state index in [0.29, 0.717) is 34.6 Å². The number of nitrogens with zero attached hydrogens (tertiary/aromatic N) is 5. The molecule has 2 aliphatic heterocycles. The third kappa shape index (κ3) is 7.74. The van der Waals surface area contributed by atoms with Crippen LogP contribution < -0.4 is 29.1 Å². The molecule has 3 aliphatic rings. The van der Waals surface area contributed by atoms with E-state index in [0.717, 1.165) is 75.3 Å². The number of benzene rings is 3. The molecule has 2 saturated heterocycles. The number of H-pyrrole nitrogens is 1. The van der Waals surface area contributed by atoms with Crippen LogP contribution in [0.3, 0.4) is 0 Å². The normalized spacial score (nSPS) is 16.9. The zero-order chi connectivity index (χ0) is 39.8. The summed E-state index contributed by atoms with van der Waals surface area (Å²) in [6.45, 7) is 6.09. The van der Waals surface area contributed by atoms with Gasteiger partial charge in [-0.2, -0.15) is 0 Å². The van der Waals surface area contributed by atoms with E-state index < -0.39 is 22.5 Å². The highest BCUT2D eigenvalue weighted by Gasteiger charge is 2.54. The van der Waals surface area contributed by atoms with Gasteiger partial charge in [0.2, 0.25) is 0 Å². The predicted molar refractivity (Wildman–Crippen MR) is 213 cm³/mol. The number of hydrogen-bond acceptors (Lipinski definition) is 12. The van der Waals surface area contributed by atoms with E-state index in [1.165, 1.54) is 44.8 Å². The second kappa shape index (κ2) is 15.7. The number of aromatic amines is 1. The summed E-state index contributed by atoms with van der Waals surface area (Å²) in [4.78, 5) is 39.4. The molecule has 14 nitrogen and oxygen atoms in total. The Morgan fingerprint density at radius 3 is 2.53 bits per heavy atom. The summed E-state index contributed by atoms with van der Waals surface area (Å²) < 4.78 is 48.5. The lowest BCUT2D eigenvalue weighted by molar-refractivity contribution is -0.384. The minimum absolute atomic E-state index is 0.112. The van der Waals surface area contributed by atoms with Crippen LogP contribution in [0.25, 0.3) is 11.0 Å². The van der Waals surface area contributed by atoms with Crippen molar-refractivity contribution in [3.63, 3.8) is 0 Å². The summed E-state index contributed by atoms with van der Waals surface area (Å²) in [7, 11) is 4.54. The molecule has 0 unspecified atom stereocenters. The molecule has 8 rings (SSSR count). The molecule has 3 aromatic carbocycles. The highest BCUT2D eigenvalue weighted by Crippen LogP contribution is 2.52. The fourth-order valence-corrected chi connectivity index (χ4v) is 8.85. The minimum Gasteiger partial charge on any atom is -0.493 e. The number of aromatic nitrogens is 2. The summed E-state index contributed by atoms with van der Waals surface area (Å²) in [5.74, 6) is -0.325. The van der Waals surface area contributed by atoms with Crippen LogP contribution in [0.1, 0.15) is 28.8 Å². The molecule has 5 aromatic rings. The number of methoxy groups -OCH3 is 2. The molecule has 0 radical (unpaired) electrons. The smallest absolute Gasteiger partial charge is 0.293 e. The molecule has 0 bridgehead atoms. The summed E-state index contributed by atoms with van der Waals surface area (Å²) in [6.07, 6.45) is 4.90. The van der Waals surface area contributed by atoms with Crippen LogP contribution in [-0.4, -0.2) is 97.2 Å². The lowest BCUT2D eigenvalue weighted by Crippen LogP contribution is -2.68. The number of pyridine rings is 1. The van der Waals surface area contributed by atoms with Crippen molar-refractivity contribution in [2.75, 3.05) is 70.8 Å². The number of hydrogen-bond donors (Lipinski definition) is 3. The maximum atomic E-state index is 14.6.